The molecular weight excluding hydrogens is 340 g/mol. The molecule has 0 radical (unpaired) electrons. The molecule has 2 aromatic rings. The van der Waals surface area contributed by atoms with Crippen LogP contribution in [0.4, 0.5) is 5.69 Å². The molecule has 2 aliphatic rings. The van der Waals surface area contributed by atoms with Gasteiger partial charge in [0.1, 0.15) is 0 Å². The van der Waals surface area contributed by atoms with Crippen LogP contribution in [-0.2, 0) is 4.79 Å². The Morgan fingerprint density at radius 2 is 1.93 bits per heavy atom. The molecule has 140 valence electrons. The largest absolute Gasteiger partial charge is 0.337 e. The lowest BCUT2D eigenvalue weighted by Gasteiger charge is -2.46. The van der Waals surface area contributed by atoms with Crippen LogP contribution in [0.1, 0.15) is 22.3 Å². The predicted octanol–water partition coefficient (Wildman–Crippen LogP) is 1.95. The quantitative estimate of drug-likeness (QED) is 0.817. The molecule has 1 aromatic carbocycles. The van der Waals surface area contributed by atoms with E-state index in [-0.39, 0.29) is 17.4 Å². The molecule has 1 aromatic heterocycles. The van der Waals surface area contributed by atoms with Crippen molar-refractivity contribution in [1.29, 1.82) is 0 Å². The number of aromatic nitrogens is 1. The van der Waals surface area contributed by atoms with Crippen LogP contribution in [0.5, 0.6) is 0 Å². The second kappa shape index (κ2) is 6.78. The maximum absolute atomic E-state index is 12.9. The minimum Gasteiger partial charge on any atom is -0.337 e. The van der Waals surface area contributed by atoms with Crippen molar-refractivity contribution in [3.63, 3.8) is 0 Å². The smallest absolute Gasteiger partial charge is 0.255 e. The van der Waals surface area contributed by atoms with E-state index in [4.69, 9.17) is 0 Å². The number of likely N-dealkylation sites (tertiary alicyclic amines) is 1. The van der Waals surface area contributed by atoms with E-state index in [2.05, 4.69) is 9.88 Å². The first-order chi connectivity index (χ1) is 13.0. The molecule has 2 amide bonds. The van der Waals surface area contributed by atoms with Gasteiger partial charge < -0.3 is 9.80 Å². The zero-order chi connectivity index (χ0) is 19.0. The molecule has 6 heteroatoms. The fraction of sp³-hybridized carbons (Fsp3) is 0.381. The Hall–Kier alpha value is -2.73. The molecule has 0 saturated carbocycles. The SMILES string of the molecule is Cc1cncc(C(=O)N2CCC3(C2)CN(c2ccccc2)C(=O)CN3C)c1. The molecule has 1 spiro atoms. The third-order valence-corrected chi connectivity index (χ3v) is 5.74. The number of pyridine rings is 1. The number of benzene rings is 1. The summed E-state index contributed by atoms with van der Waals surface area (Å²) in [5.74, 6) is 0.113. The highest BCUT2D eigenvalue weighted by molar-refractivity contribution is 5.96. The Kier molecular flexibility index (Phi) is 4.44. The molecular formula is C21H24N4O2. The number of hydrogen-bond acceptors (Lipinski definition) is 4. The standard InChI is InChI=1S/C21H24N4O2/c1-16-10-17(12-22-11-16)20(27)24-9-8-21(14-24)15-25(19(26)13-23(21)2)18-6-4-3-5-7-18/h3-7,10-12H,8-9,13-15H2,1-2H3. The van der Waals surface area contributed by atoms with E-state index in [9.17, 15) is 9.59 Å². The molecule has 4 rings (SSSR count). The van der Waals surface area contributed by atoms with Gasteiger partial charge in [0, 0.05) is 37.7 Å². The van der Waals surface area contributed by atoms with Gasteiger partial charge in [-0.15, -0.1) is 0 Å². The van der Waals surface area contributed by atoms with Crippen molar-refractivity contribution in [1.82, 2.24) is 14.8 Å². The molecule has 2 aliphatic heterocycles. The minimum atomic E-state index is -0.212. The monoisotopic (exact) mass is 364 g/mol. The van der Waals surface area contributed by atoms with Crippen molar-refractivity contribution < 1.29 is 9.59 Å². The predicted molar refractivity (Wildman–Crippen MR) is 104 cm³/mol. The lowest BCUT2D eigenvalue weighted by atomic mass is 9.92. The second-order valence-electron chi connectivity index (χ2n) is 7.62. The first kappa shape index (κ1) is 17.7. The number of rotatable bonds is 2. The van der Waals surface area contributed by atoms with E-state index in [1.807, 2.05) is 60.2 Å². The molecule has 27 heavy (non-hydrogen) atoms. The number of para-hydroxylation sites is 1. The Labute approximate surface area is 159 Å². The first-order valence-corrected chi connectivity index (χ1v) is 9.26. The summed E-state index contributed by atoms with van der Waals surface area (Å²) in [7, 11) is 1.99. The van der Waals surface area contributed by atoms with Crippen LogP contribution in [0.3, 0.4) is 0 Å². The average molecular weight is 364 g/mol. The molecule has 1 atom stereocenters. The van der Waals surface area contributed by atoms with Crippen LogP contribution in [0.2, 0.25) is 0 Å². The first-order valence-electron chi connectivity index (χ1n) is 9.26. The number of carbonyl (C=O) groups excluding carboxylic acids is 2. The summed E-state index contributed by atoms with van der Waals surface area (Å²) in [6.45, 7) is 4.21. The van der Waals surface area contributed by atoms with Crippen molar-refractivity contribution in [3.8, 4) is 0 Å². The summed E-state index contributed by atoms with van der Waals surface area (Å²) in [5, 5.41) is 0. The van der Waals surface area contributed by atoms with Gasteiger partial charge in [-0.25, -0.2) is 0 Å². The topological polar surface area (TPSA) is 56.8 Å². The van der Waals surface area contributed by atoms with Crippen LogP contribution in [-0.4, -0.2) is 65.4 Å². The van der Waals surface area contributed by atoms with Crippen molar-refractivity contribution in [2.75, 3.05) is 38.1 Å². The van der Waals surface area contributed by atoms with Gasteiger partial charge in [0.05, 0.1) is 17.6 Å². The lowest BCUT2D eigenvalue weighted by molar-refractivity contribution is -0.123. The lowest BCUT2D eigenvalue weighted by Crippen LogP contribution is -2.64. The van der Waals surface area contributed by atoms with Gasteiger partial charge in [-0.2, -0.15) is 0 Å². The van der Waals surface area contributed by atoms with Gasteiger partial charge in [0.15, 0.2) is 0 Å². The van der Waals surface area contributed by atoms with E-state index < -0.39 is 0 Å². The van der Waals surface area contributed by atoms with Crippen LogP contribution in [0, 0.1) is 6.92 Å². The number of anilines is 1. The van der Waals surface area contributed by atoms with Gasteiger partial charge in [0.25, 0.3) is 5.91 Å². The maximum atomic E-state index is 12.9. The third kappa shape index (κ3) is 3.21. The van der Waals surface area contributed by atoms with Crippen molar-refractivity contribution >= 4 is 17.5 Å². The highest BCUT2D eigenvalue weighted by atomic mass is 16.2. The minimum absolute atomic E-state index is 0.0136. The maximum Gasteiger partial charge on any atom is 0.255 e. The normalized spacial score (nSPS) is 23.3. The molecule has 6 nitrogen and oxygen atoms in total. The molecule has 0 aliphatic carbocycles. The summed E-state index contributed by atoms with van der Waals surface area (Å²) in [6, 6.07) is 11.7. The van der Waals surface area contributed by atoms with Crippen molar-refractivity contribution in [3.05, 3.63) is 59.9 Å². The van der Waals surface area contributed by atoms with E-state index >= 15 is 0 Å². The number of likely N-dealkylation sites (N-methyl/N-ethyl adjacent to an activating group) is 1. The number of nitrogens with zero attached hydrogens (tertiary/aromatic N) is 4. The highest BCUT2D eigenvalue weighted by Crippen LogP contribution is 2.33. The molecule has 3 heterocycles. The van der Waals surface area contributed by atoms with Gasteiger partial charge in [-0.05, 0) is 44.2 Å². The number of amides is 2. The summed E-state index contributed by atoms with van der Waals surface area (Å²) in [6.07, 6.45) is 4.23. The van der Waals surface area contributed by atoms with Crippen LogP contribution < -0.4 is 4.90 Å². The second-order valence-corrected chi connectivity index (χ2v) is 7.62. The van der Waals surface area contributed by atoms with Crippen molar-refractivity contribution in [2.24, 2.45) is 0 Å². The summed E-state index contributed by atoms with van der Waals surface area (Å²) in [5.41, 5.74) is 2.31. The molecule has 0 N–H and O–H groups in total. The van der Waals surface area contributed by atoms with Gasteiger partial charge in [0.2, 0.25) is 5.91 Å². The number of hydrogen-bond donors (Lipinski definition) is 0. The van der Waals surface area contributed by atoms with E-state index in [1.165, 1.54) is 0 Å². The Balaban J connectivity index is 1.56. The molecule has 2 fully saturated rings. The summed E-state index contributed by atoms with van der Waals surface area (Å²) >= 11 is 0. The van der Waals surface area contributed by atoms with E-state index in [0.717, 1.165) is 17.7 Å². The Morgan fingerprint density at radius 3 is 2.67 bits per heavy atom. The Morgan fingerprint density at radius 1 is 1.15 bits per heavy atom. The Bertz CT molecular complexity index is 869. The van der Waals surface area contributed by atoms with Crippen LogP contribution in [0.25, 0.3) is 0 Å². The summed E-state index contributed by atoms with van der Waals surface area (Å²) < 4.78 is 0. The number of piperazine rings is 1. The molecule has 1 unspecified atom stereocenters. The van der Waals surface area contributed by atoms with Crippen LogP contribution in [0.15, 0.2) is 48.8 Å². The zero-order valence-electron chi connectivity index (χ0n) is 15.8. The third-order valence-electron chi connectivity index (χ3n) is 5.74. The molecule has 2 saturated heterocycles. The van der Waals surface area contributed by atoms with Gasteiger partial charge >= 0.3 is 0 Å². The number of carbonyl (C=O) groups is 2. The number of aryl methyl sites for hydroxylation is 1. The van der Waals surface area contributed by atoms with E-state index in [1.54, 1.807) is 12.4 Å². The summed E-state index contributed by atoms with van der Waals surface area (Å²) in [4.78, 5) is 35.6. The fourth-order valence-corrected chi connectivity index (χ4v) is 4.13. The van der Waals surface area contributed by atoms with Crippen LogP contribution >= 0.6 is 0 Å². The highest BCUT2D eigenvalue weighted by Gasteiger charge is 2.48. The molecule has 0 bridgehead atoms. The van der Waals surface area contributed by atoms with Gasteiger partial charge in [-0.3, -0.25) is 19.5 Å². The van der Waals surface area contributed by atoms with Crippen molar-refractivity contribution in [2.45, 2.75) is 18.9 Å². The van der Waals surface area contributed by atoms with Gasteiger partial charge in [-0.1, -0.05) is 18.2 Å². The van der Waals surface area contributed by atoms with E-state index in [0.29, 0.717) is 31.7 Å². The fourth-order valence-electron chi connectivity index (χ4n) is 4.13. The average Bonchev–Trinajstić information content (AvgIpc) is 3.10. The zero-order valence-corrected chi connectivity index (χ0v) is 15.8.